The van der Waals surface area contributed by atoms with Crippen LogP contribution in [0.25, 0.3) is 0 Å². The number of nitrogens with two attached hydrogens (primary N) is 1. The minimum Gasteiger partial charge on any atom is -0.477 e. The van der Waals surface area contributed by atoms with Crippen LogP contribution >= 0.6 is 23.1 Å². The number of thioether (sulfide) groups is 1. The Hall–Kier alpha value is -2.07. The molecule has 116 valence electrons. The topological polar surface area (TPSA) is 126 Å². The molecule has 0 bridgehead atoms. The summed E-state index contributed by atoms with van der Waals surface area (Å²) in [5, 5.41) is 13.8. The first-order chi connectivity index (χ1) is 10.5. The van der Waals surface area contributed by atoms with E-state index in [0.717, 1.165) is 0 Å². The highest BCUT2D eigenvalue weighted by Gasteiger charge is 2.45. The van der Waals surface area contributed by atoms with Gasteiger partial charge in [-0.3, -0.25) is 14.5 Å². The second-order valence-electron chi connectivity index (χ2n) is 4.77. The number of hydrogen-bond acceptors (Lipinski definition) is 7. The van der Waals surface area contributed by atoms with Crippen LogP contribution in [0.2, 0.25) is 0 Å². The second-order valence-corrected chi connectivity index (χ2v) is 6.82. The van der Waals surface area contributed by atoms with Crippen molar-refractivity contribution < 1.29 is 19.5 Å². The smallest absolute Gasteiger partial charge is 0.354 e. The molecule has 3 heterocycles. The number of rotatable bonds is 4. The van der Waals surface area contributed by atoms with Crippen molar-refractivity contribution in [2.24, 2.45) is 0 Å². The van der Waals surface area contributed by atoms with Crippen molar-refractivity contribution in [1.82, 2.24) is 15.2 Å². The van der Waals surface area contributed by atoms with Crippen LogP contribution in [0.4, 0.5) is 5.13 Å². The van der Waals surface area contributed by atoms with Gasteiger partial charge in [0.2, 0.25) is 11.8 Å². The van der Waals surface area contributed by atoms with Crippen LogP contribution in [0, 0.1) is 0 Å². The molecule has 0 radical (unpaired) electrons. The highest BCUT2D eigenvalue weighted by atomic mass is 32.2. The molecule has 1 unspecified atom stereocenters. The standard InChI is InChI=1S/C12H12N4O4S2/c13-12-14-5(3-22-12)1-7(17)15-6-4-21-9-2-8(18)16(9)10(6)11(19)20/h3,9H,1-2,4H2,(H2,13,14)(H,15,17)(H,19,20). The number of carbonyl (C=O) groups is 3. The average Bonchev–Trinajstić information content (AvgIpc) is 2.83. The number of amides is 2. The van der Waals surface area contributed by atoms with Gasteiger partial charge in [0.1, 0.15) is 0 Å². The molecule has 2 aliphatic heterocycles. The van der Waals surface area contributed by atoms with Crippen molar-refractivity contribution in [2.45, 2.75) is 18.2 Å². The average molecular weight is 340 g/mol. The number of carbonyl (C=O) groups excluding carboxylic acids is 2. The first kappa shape index (κ1) is 14.9. The van der Waals surface area contributed by atoms with Gasteiger partial charge in [0.05, 0.1) is 29.6 Å². The molecule has 0 spiro atoms. The molecule has 2 aliphatic rings. The predicted octanol–water partition coefficient (Wildman–Crippen LogP) is -0.0146. The Morgan fingerprint density at radius 3 is 2.91 bits per heavy atom. The number of nitrogens with one attached hydrogen (secondary N) is 1. The van der Waals surface area contributed by atoms with Crippen LogP contribution in [0.3, 0.4) is 0 Å². The minimum absolute atomic E-state index is 0.00609. The number of fused-ring (bicyclic) bond motifs is 1. The van der Waals surface area contributed by atoms with E-state index < -0.39 is 5.97 Å². The van der Waals surface area contributed by atoms with Crippen molar-refractivity contribution in [2.75, 3.05) is 11.5 Å². The lowest BCUT2D eigenvalue weighted by Gasteiger charge is -2.43. The summed E-state index contributed by atoms with van der Waals surface area (Å²) >= 11 is 2.67. The zero-order valence-corrected chi connectivity index (χ0v) is 12.9. The van der Waals surface area contributed by atoms with E-state index in [4.69, 9.17) is 5.73 Å². The summed E-state index contributed by atoms with van der Waals surface area (Å²) in [5.74, 6) is -1.49. The van der Waals surface area contributed by atoms with E-state index in [9.17, 15) is 19.5 Å². The Kier molecular flexibility index (Phi) is 3.79. The normalized spacial score (nSPS) is 20.5. The van der Waals surface area contributed by atoms with Crippen molar-refractivity contribution in [3.8, 4) is 0 Å². The van der Waals surface area contributed by atoms with Crippen LogP contribution in [-0.4, -0.2) is 43.9 Å². The van der Waals surface area contributed by atoms with Gasteiger partial charge in [0.25, 0.3) is 0 Å². The fraction of sp³-hybridized carbons (Fsp3) is 0.333. The van der Waals surface area contributed by atoms with Crippen molar-refractivity contribution >= 4 is 46.0 Å². The molecule has 1 saturated heterocycles. The van der Waals surface area contributed by atoms with Gasteiger partial charge < -0.3 is 16.2 Å². The highest BCUT2D eigenvalue weighted by molar-refractivity contribution is 8.00. The molecule has 1 atom stereocenters. The predicted molar refractivity (Wildman–Crippen MR) is 80.7 cm³/mol. The fourth-order valence-electron chi connectivity index (χ4n) is 2.29. The molecule has 0 saturated carbocycles. The zero-order chi connectivity index (χ0) is 15.9. The maximum absolute atomic E-state index is 12.0. The molecule has 2 amide bonds. The number of aliphatic carboxylic acids is 1. The van der Waals surface area contributed by atoms with Crippen LogP contribution < -0.4 is 11.1 Å². The van der Waals surface area contributed by atoms with Crippen LogP contribution in [0.15, 0.2) is 16.8 Å². The third-order valence-corrected chi connectivity index (χ3v) is 5.20. The summed E-state index contributed by atoms with van der Waals surface area (Å²) in [6.07, 6.45) is 0.340. The van der Waals surface area contributed by atoms with Crippen molar-refractivity contribution in [1.29, 1.82) is 0 Å². The number of nitrogen functional groups attached to an aromatic ring is 1. The Morgan fingerprint density at radius 2 is 2.32 bits per heavy atom. The lowest BCUT2D eigenvalue weighted by molar-refractivity contribution is -0.146. The highest BCUT2D eigenvalue weighted by Crippen LogP contribution is 2.39. The number of carboxylic acid groups (broad SMARTS) is 1. The zero-order valence-electron chi connectivity index (χ0n) is 11.2. The molecular formula is C12H12N4O4S2. The summed E-state index contributed by atoms with van der Waals surface area (Å²) in [6, 6.07) is 0. The lowest BCUT2D eigenvalue weighted by Crippen LogP contribution is -2.55. The number of anilines is 1. The number of carboxylic acids is 1. The van der Waals surface area contributed by atoms with Gasteiger partial charge >= 0.3 is 5.97 Å². The summed E-state index contributed by atoms with van der Waals surface area (Å²) in [5.41, 5.74) is 6.14. The van der Waals surface area contributed by atoms with Gasteiger partial charge in [0.15, 0.2) is 10.8 Å². The van der Waals surface area contributed by atoms with E-state index in [1.165, 1.54) is 28.0 Å². The first-order valence-corrected chi connectivity index (χ1v) is 8.28. The molecule has 0 aromatic carbocycles. The molecule has 1 aromatic rings. The van der Waals surface area contributed by atoms with Crippen LogP contribution in [-0.2, 0) is 20.8 Å². The second kappa shape index (κ2) is 5.61. The van der Waals surface area contributed by atoms with Gasteiger partial charge in [-0.25, -0.2) is 9.78 Å². The Labute approximate surface area is 133 Å². The van der Waals surface area contributed by atoms with Crippen LogP contribution in [0.5, 0.6) is 0 Å². The lowest BCUT2D eigenvalue weighted by atomic mass is 10.1. The van der Waals surface area contributed by atoms with E-state index in [1.807, 2.05) is 0 Å². The van der Waals surface area contributed by atoms with Gasteiger partial charge in [-0.2, -0.15) is 0 Å². The first-order valence-electron chi connectivity index (χ1n) is 6.35. The maximum Gasteiger partial charge on any atom is 0.354 e. The van der Waals surface area contributed by atoms with Crippen molar-refractivity contribution in [3.63, 3.8) is 0 Å². The van der Waals surface area contributed by atoms with Gasteiger partial charge in [-0.05, 0) is 0 Å². The molecule has 8 nitrogen and oxygen atoms in total. The number of aromatic nitrogens is 1. The molecule has 1 fully saturated rings. The molecule has 10 heteroatoms. The molecule has 0 aliphatic carbocycles. The monoisotopic (exact) mass is 340 g/mol. The maximum atomic E-state index is 12.0. The van der Waals surface area contributed by atoms with Crippen molar-refractivity contribution in [3.05, 3.63) is 22.5 Å². The number of thiazole rings is 1. The summed E-state index contributed by atoms with van der Waals surface area (Å²) < 4.78 is 0. The van der Waals surface area contributed by atoms with Gasteiger partial charge in [-0.1, -0.05) is 0 Å². The van der Waals surface area contributed by atoms with Crippen LogP contribution in [0.1, 0.15) is 12.1 Å². The summed E-state index contributed by atoms with van der Waals surface area (Å²) in [6.45, 7) is 0. The molecule has 1 aromatic heterocycles. The number of hydrogen-bond donors (Lipinski definition) is 3. The largest absolute Gasteiger partial charge is 0.477 e. The quantitative estimate of drug-likeness (QED) is 0.658. The third kappa shape index (κ3) is 2.66. The van der Waals surface area contributed by atoms with E-state index in [-0.39, 0.29) is 35.0 Å². The van der Waals surface area contributed by atoms with E-state index in [0.29, 0.717) is 23.0 Å². The fourth-order valence-corrected chi connectivity index (χ4v) is 4.05. The molecule has 3 rings (SSSR count). The summed E-state index contributed by atoms with van der Waals surface area (Å²) in [4.78, 5) is 40.2. The van der Waals surface area contributed by atoms with E-state index >= 15 is 0 Å². The molecule has 4 N–H and O–H groups in total. The Morgan fingerprint density at radius 1 is 1.55 bits per heavy atom. The minimum atomic E-state index is -1.22. The van der Waals surface area contributed by atoms with E-state index in [2.05, 4.69) is 10.3 Å². The van der Waals surface area contributed by atoms with Gasteiger partial charge in [0, 0.05) is 11.1 Å². The molecule has 22 heavy (non-hydrogen) atoms. The van der Waals surface area contributed by atoms with Gasteiger partial charge in [-0.15, -0.1) is 23.1 Å². The SMILES string of the molecule is Nc1nc(CC(=O)NC2=C(C(=O)O)N3C(=O)CC3SC2)cs1. The summed E-state index contributed by atoms with van der Waals surface area (Å²) in [7, 11) is 0. The Bertz CT molecular complexity index is 699. The number of β-lactam (4-membered cyclic amide) rings is 1. The third-order valence-electron chi connectivity index (χ3n) is 3.26. The van der Waals surface area contributed by atoms with E-state index in [1.54, 1.807) is 5.38 Å². The number of nitrogens with zero attached hydrogens (tertiary/aromatic N) is 2. The Balaban J connectivity index is 1.76. The molecular weight excluding hydrogens is 328 g/mol.